The lowest BCUT2D eigenvalue weighted by atomic mass is 9.85. The molecule has 2 aromatic rings. The van der Waals surface area contributed by atoms with Crippen LogP contribution >= 0.6 is 0 Å². The topological polar surface area (TPSA) is 56.7 Å². The highest BCUT2D eigenvalue weighted by molar-refractivity contribution is 5.76. The predicted molar refractivity (Wildman–Crippen MR) is 81.1 cm³/mol. The van der Waals surface area contributed by atoms with Crippen LogP contribution in [-0.4, -0.2) is 14.8 Å². The van der Waals surface area contributed by atoms with Crippen LogP contribution in [0.25, 0.3) is 11.1 Å². The number of nitrogens with two attached hydrogens (primary N) is 1. The Hall–Kier alpha value is -1.84. The van der Waals surface area contributed by atoms with Gasteiger partial charge in [-0.3, -0.25) is 9.67 Å². The van der Waals surface area contributed by atoms with E-state index in [1.807, 2.05) is 19.3 Å². The second kappa shape index (κ2) is 5.65. The largest absolute Gasteiger partial charge is 0.383 e. The summed E-state index contributed by atoms with van der Waals surface area (Å²) in [4.78, 5) is 4.21. The van der Waals surface area contributed by atoms with Gasteiger partial charge in [0.25, 0.3) is 0 Å². The standard InChI is InChI=1S/C16H22N4/c1-20-16(17)15(13-8-5-9-18-11-13)14(19-20)10-12-6-3-2-4-7-12/h5,8-9,11-12H,2-4,6-7,10,17H2,1H3. The van der Waals surface area contributed by atoms with Gasteiger partial charge in [-0.1, -0.05) is 38.2 Å². The Balaban J connectivity index is 1.92. The van der Waals surface area contributed by atoms with Crippen molar-refractivity contribution < 1.29 is 0 Å². The van der Waals surface area contributed by atoms with Crippen LogP contribution in [0.3, 0.4) is 0 Å². The highest BCUT2D eigenvalue weighted by atomic mass is 15.3. The van der Waals surface area contributed by atoms with Crippen molar-refractivity contribution >= 4 is 5.82 Å². The van der Waals surface area contributed by atoms with E-state index in [2.05, 4.69) is 16.1 Å². The molecule has 3 rings (SSSR count). The van der Waals surface area contributed by atoms with Crippen LogP contribution < -0.4 is 5.73 Å². The molecule has 1 fully saturated rings. The molecule has 1 aliphatic carbocycles. The fourth-order valence-corrected chi connectivity index (χ4v) is 3.23. The maximum atomic E-state index is 6.21. The first kappa shape index (κ1) is 13.2. The number of aromatic nitrogens is 3. The van der Waals surface area contributed by atoms with Crippen molar-refractivity contribution in [3.05, 3.63) is 30.2 Å². The summed E-state index contributed by atoms with van der Waals surface area (Å²) in [7, 11) is 1.92. The van der Waals surface area contributed by atoms with Gasteiger partial charge in [0.15, 0.2) is 0 Å². The molecule has 106 valence electrons. The summed E-state index contributed by atoms with van der Waals surface area (Å²) < 4.78 is 1.79. The number of aryl methyl sites for hydroxylation is 1. The van der Waals surface area contributed by atoms with Gasteiger partial charge in [0, 0.05) is 30.6 Å². The first-order valence-corrected chi connectivity index (χ1v) is 7.47. The molecule has 4 heteroatoms. The van der Waals surface area contributed by atoms with Crippen LogP contribution in [-0.2, 0) is 13.5 Å². The van der Waals surface area contributed by atoms with Crippen molar-refractivity contribution in [3.63, 3.8) is 0 Å². The molecule has 0 atom stereocenters. The van der Waals surface area contributed by atoms with Crippen molar-refractivity contribution in [2.24, 2.45) is 13.0 Å². The molecule has 0 unspecified atom stereocenters. The maximum absolute atomic E-state index is 6.21. The smallest absolute Gasteiger partial charge is 0.129 e. The highest BCUT2D eigenvalue weighted by Crippen LogP contribution is 2.33. The predicted octanol–water partition coefficient (Wildman–Crippen LogP) is 3.19. The second-order valence-electron chi connectivity index (χ2n) is 5.78. The molecule has 0 aliphatic heterocycles. The lowest BCUT2D eigenvalue weighted by molar-refractivity contribution is 0.354. The van der Waals surface area contributed by atoms with Crippen LogP contribution in [0.5, 0.6) is 0 Å². The fraction of sp³-hybridized carbons (Fsp3) is 0.500. The molecule has 2 N–H and O–H groups in total. The molecule has 0 spiro atoms. The molecule has 1 aliphatic rings. The second-order valence-corrected chi connectivity index (χ2v) is 5.78. The van der Waals surface area contributed by atoms with Crippen LogP contribution in [0.1, 0.15) is 37.8 Å². The Kier molecular flexibility index (Phi) is 3.72. The number of hydrogen-bond acceptors (Lipinski definition) is 3. The van der Waals surface area contributed by atoms with Crippen LogP contribution in [0, 0.1) is 5.92 Å². The summed E-state index contributed by atoms with van der Waals surface area (Å²) in [6, 6.07) is 4.01. The van der Waals surface area contributed by atoms with Crippen LogP contribution in [0.4, 0.5) is 5.82 Å². The summed E-state index contributed by atoms with van der Waals surface area (Å²) in [5.41, 5.74) is 9.49. The maximum Gasteiger partial charge on any atom is 0.129 e. The Morgan fingerprint density at radius 1 is 1.30 bits per heavy atom. The van der Waals surface area contributed by atoms with Crippen molar-refractivity contribution in [2.45, 2.75) is 38.5 Å². The van der Waals surface area contributed by atoms with E-state index in [0.717, 1.165) is 35.0 Å². The lowest BCUT2D eigenvalue weighted by Crippen LogP contribution is -2.10. The highest BCUT2D eigenvalue weighted by Gasteiger charge is 2.21. The third kappa shape index (κ3) is 2.55. The first-order valence-electron chi connectivity index (χ1n) is 7.47. The zero-order valence-corrected chi connectivity index (χ0v) is 12.0. The molecular weight excluding hydrogens is 248 g/mol. The molecule has 0 bridgehead atoms. The lowest BCUT2D eigenvalue weighted by Gasteiger charge is -2.20. The van der Waals surface area contributed by atoms with Gasteiger partial charge < -0.3 is 5.73 Å². The van der Waals surface area contributed by atoms with Gasteiger partial charge in [0.05, 0.1) is 5.69 Å². The summed E-state index contributed by atoms with van der Waals surface area (Å²) in [5, 5.41) is 4.64. The van der Waals surface area contributed by atoms with Gasteiger partial charge in [-0.2, -0.15) is 5.10 Å². The van der Waals surface area contributed by atoms with E-state index in [4.69, 9.17) is 5.73 Å². The van der Waals surface area contributed by atoms with Crippen molar-refractivity contribution in [1.82, 2.24) is 14.8 Å². The zero-order chi connectivity index (χ0) is 13.9. The molecule has 2 aromatic heterocycles. The quantitative estimate of drug-likeness (QED) is 0.932. The number of pyridine rings is 1. The van der Waals surface area contributed by atoms with Crippen LogP contribution in [0.2, 0.25) is 0 Å². The molecule has 4 nitrogen and oxygen atoms in total. The van der Waals surface area contributed by atoms with E-state index < -0.39 is 0 Å². The van der Waals surface area contributed by atoms with E-state index in [0.29, 0.717) is 0 Å². The van der Waals surface area contributed by atoms with Gasteiger partial charge in [-0.25, -0.2) is 0 Å². The third-order valence-electron chi connectivity index (χ3n) is 4.32. The van der Waals surface area contributed by atoms with Crippen LogP contribution in [0.15, 0.2) is 24.5 Å². The summed E-state index contributed by atoms with van der Waals surface area (Å²) in [6.45, 7) is 0. The fourth-order valence-electron chi connectivity index (χ4n) is 3.23. The number of hydrogen-bond donors (Lipinski definition) is 1. The minimum atomic E-state index is 0.740. The van der Waals surface area contributed by atoms with Gasteiger partial charge >= 0.3 is 0 Å². The van der Waals surface area contributed by atoms with E-state index >= 15 is 0 Å². The molecule has 1 saturated carbocycles. The third-order valence-corrected chi connectivity index (χ3v) is 4.32. The van der Waals surface area contributed by atoms with Gasteiger partial charge in [-0.05, 0) is 18.4 Å². The Morgan fingerprint density at radius 2 is 2.10 bits per heavy atom. The van der Waals surface area contributed by atoms with Crippen molar-refractivity contribution in [3.8, 4) is 11.1 Å². The molecule has 0 saturated heterocycles. The molecule has 0 radical (unpaired) electrons. The van der Waals surface area contributed by atoms with E-state index in [-0.39, 0.29) is 0 Å². The molecule has 0 aromatic carbocycles. The first-order chi connectivity index (χ1) is 9.75. The van der Waals surface area contributed by atoms with E-state index in [1.165, 1.54) is 32.1 Å². The minimum absolute atomic E-state index is 0.740. The van der Waals surface area contributed by atoms with Crippen molar-refractivity contribution in [2.75, 3.05) is 5.73 Å². The Labute approximate surface area is 120 Å². The number of nitrogens with zero attached hydrogens (tertiary/aromatic N) is 3. The number of anilines is 1. The molecule has 0 amide bonds. The molecule has 2 heterocycles. The summed E-state index contributed by atoms with van der Waals surface area (Å²) >= 11 is 0. The number of nitrogen functional groups attached to an aromatic ring is 1. The average Bonchev–Trinajstić information content (AvgIpc) is 2.76. The minimum Gasteiger partial charge on any atom is -0.383 e. The van der Waals surface area contributed by atoms with Crippen molar-refractivity contribution in [1.29, 1.82) is 0 Å². The molecular formula is C16H22N4. The van der Waals surface area contributed by atoms with Gasteiger partial charge in [0.2, 0.25) is 0 Å². The Bertz CT molecular complexity index is 568. The normalized spacial score (nSPS) is 16.4. The SMILES string of the molecule is Cn1nc(CC2CCCCC2)c(-c2cccnc2)c1N. The zero-order valence-electron chi connectivity index (χ0n) is 12.0. The Morgan fingerprint density at radius 3 is 2.80 bits per heavy atom. The molecule has 20 heavy (non-hydrogen) atoms. The van der Waals surface area contributed by atoms with E-state index in [1.54, 1.807) is 10.9 Å². The average molecular weight is 270 g/mol. The number of rotatable bonds is 3. The van der Waals surface area contributed by atoms with Gasteiger partial charge in [-0.15, -0.1) is 0 Å². The summed E-state index contributed by atoms with van der Waals surface area (Å²) in [5.74, 6) is 1.50. The van der Waals surface area contributed by atoms with Gasteiger partial charge in [0.1, 0.15) is 5.82 Å². The summed E-state index contributed by atoms with van der Waals surface area (Å²) in [6.07, 6.45) is 11.4. The van der Waals surface area contributed by atoms with E-state index in [9.17, 15) is 0 Å². The monoisotopic (exact) mass is 270 g/mol.